The zero-order chi connectivity index (χ0) is 12.3. The van der Waals surface area contributed by atoms with Gasteiger partial charge >= 0.3 is 0 Å². The molecule has 1 heterocycles. The molecule has 0 aromatic carbocycles. The third-order valence-corrected chi connectivity index (χ3v) is 3.13. The van der Waals surface area contributed by atoms with Crippen LogP contribution in [-0.4, -0.2) is 30.4 Å². The smallest absolute Gasteiger partial charge is 0.240 e. The normalized spacial score (nSPS) is 26.8. The standard InChI is InChI=1S/C11H21N3O2/c1-6(2)9(10(12)15)14-11(16)8-4-5-13-7(8)3/h6-9,13H,4-5H2,1-3H3,(H2,12,15)(H,14,16). The lowest BCUT2D eigenvalue weighted by Gasteiger charge is -2.22. The Kier molecular flexibility index (Phi) is 4.29. The Labute approximate surface area is 96.1 Å². The molecule has 92 valence electrons. The van der Waals surface area contributed by atoms with Crippen molar-refractivity contribution in [1.29, 1.82) is 0 Å². The average molecular weight is 227 g/mol. The van der Waals surface area contributed by atoms with Crippen molar-refractivity contribution in [2.75, 3.05) is 6.54 Å². The molecule has 0 aromatic rings. The molecule has 0 radical (unpaired) electrons. The first-order valence-electron chi connectivity index (χ1n) is 5.76. The molecule has 0 aliphatic carbocycles. The van der Waals surface area contributed by atoms with Crippen molar-refractivity contribution < 1.29 is 9.59 Å². The van der Waals surface area contributed by atoms with Crippen LogP contribution in [0, 0.1) is 11.8 Å². The topological polar surface area (TPSA) is 84.2 Å². The van der Waals surface area contributed by atoms with E-state index in [-0.39, 0.29) is 23.8 Å². The number of hydrogen-bond acceptors (Lipinski definition) is 3. The van der Waals surface area contributed by atoms with Crippen LogP contribution in [0.3, 0.4) is 0 Å². The van der Waals surface area contributed by atoms with Crippen LogP contribution in [0.2, 0.25) is 0 Å². The summed E-state index contributed by atoms with van der Waals surface area (Å²) in [4.78, 5) is 23.1. The first-order valence-corrected chi connectivity index (χ1v) is 5.76. The first kappa shape index (κ1) is 13.0. The molecule has 3 atom stereocenters. The summed E-state index contributed by atoms with van der Waals surface area (Å²) in [5, 5.41) is 5.94. The highest BCUT2D eigenvalue weighted by Gasteiger charge is 2.32. The van der Waals surface area contributed by atoms with Gasteiger partial charge in [0.15, 0.2) is 0 Å². The minimum absolute atomic E-state index is 0.0196. The van der Waals surface area contributed by atoms with Gasteiger partial charge in [0.05, 0.1) is 5.92 Å². The van der Waals surface area contributed by atoms with Gasteiger partial charge in [0.1, 0.15) is 6.04 Å². The van der Waals surface area contributed by atoms with Crippen molar-refractivity contribution in [3.63, 3.8) is 0 Å². The molecule has 16 heavy (non-hydrogen) atoms. The second-order valence-electron chi connectivity index (χ2n) is 4.77. The molecule has 3 unspecified atom stereocenters. The Hall–Kier alpha value is -1.10. The number of primary amides is 1. The number of rotatable bonds is 4. The molecule has 0 spiro atoms. The van der Waals surface area contributed by atoms with Gasteiger partial charge < -0.3 is 16.4 Å². The quantitative estimate of drug-likeness (QED) is 0.611. The lowest BCUT2D eigenvalue weighted by atomic mass is 9.98. The lowest BCUT2D eigenvalue weighted by Crippen LogP contribution is -2.50. The maximum atomic E-state index is 11.9. The molecule has 0 saturated carbocycles. The number of carbonyl (C=O) groups is 2. The summed E-state index contributed by atoms with van der Waals surface area (Å²) in [7, 11) is 0. The van der Waals surface area contributed by atoms with Crippen LogP contribution in [0.1, 0.15) is 27.2 Å². The van der Waals surface area contributed by atoms with Gasteiger partial charge in [-0.3, -0.25) is 9.59 Å². The monoisotopic (exact) mass is 227 g/mol. The molecule has 5 nitrogen and oxygen atoms in total. The fraction of sp³-hybridized carbons (Fsp3) is 0.818. The highest BCUT2D eigenvalue weighted by atomic mass is 16.2. The molecule has 1 aliphatic rings. The predicted octanol–water partition coefficient (Wildman–Crippen LogP) is -0.389. The number of nitrogens with two attached hydrogens (primary N) is 1. The number of carbonyl (C=O) groups excluding carboxylic acids is 2. The molecule has 1 rings (SSSR count). The van der Waals surface area contributed by atoms with Crippen molar-refractivity contribution in [2.24, 2.45) is 17.6 Å². The maximum Gasteiger partial charge on any atom is 0.240 e. The number of nitrogens with one attached hydrogen (secondary N) is 2. The van der Waals surface area contributed by atoms with Crippen LogP contribution in [-0.2, 0) is 9.59 Å². The van der Waals surface area contributed by atoms with Gasteiger partial charge in [-0.15, -0.1) is 0 Å². The Morgan fingerprint density at radius 1 is 1.44 bits per heavy atom. The SMILES string of the molecule is CC(C)C(NC(=O)C1CCNC1C)C(N)=O. The number of amides is 2. The summed E-state index contributed by atoms with van der Waals surface area (Å²) >= 11 is 0. The van der Waals surface area contributed by atoms with Gasteiger partial charge in [0.25, 0.3) is 0 Å². The summed E-state index contributed by atoms with van der Waals surface area (Å²) in [6, 6.07) is -0.402. The van der Waals surface area contributed by atoms with Crippen molar-refractivity contribution in [2.45, 2.75) is 39.3 Å². The second kappa shape index (κ2) is 5.30. The molecular weight excluding hydrogens is 206 g/mol. The van der Waals surface area contributed by atoms with E-state index in [9.17, 15) is 9.59 Å². The highest BCUT2D eigenvalue weighted by molar-refractivity contribution is 5.88. The minimum atomic E-state index is -0.569. The molecule has 4 N–H and O–H groups in total. The van der Waals surface area contributed by atoms with E-state index in [4.69, 9.17) is 5.73 Å². The summed E-state index contributed by atoms with van der Waals surface area (Å²) < 4.78 is 0. The molecule has 2 amide bonds. The van der Waals surface area contributed by atoms with E-state index in [2.05, 4.69) is 10.6 Å². The fourth-order valence-corrected chi connectivity index (χ4v) is 2.04. The fourth-order valence-electron chi connectivity index (χ4n) is 2.04. The van der Waals surface area contributed by atoms with Crippen LogP contribution >= 0.6 is 0 Å². The summed E-state index contributed by atoms with van der Waals surface area (Å²) in [6.45, 7) is 6.56. The summed E-state index contributed by atoms with van der Waals surface area (Å²) in [5.41, 5.74) is 5.25. The van der Waals surface area contributed by atoms with E-state index < -0.39 is 11.9 Å². The zero-order valence-electron chi connectivity index (χ0n) is 10.1. The first-order chi connectivity index (χ1) is 7.43. The van der Waals surface area contributed by atoms with E-state index in [1.807, 2.05) is 20.8 Å². The Bertz CT molecular complexity index is 278. The molecule has 1 fully saturated rings. The van der Waals surface area contributed by atoms with E-state index in [0.717, 1.165) is 13.0 Å². The van der Waals surface area contributed by atoms with Gasteiger partial charge in [-0.2, -0.15) is 0 Å². The third-order valence-electron chi connectivity index (χ3n) is 3.13. The minimum Gasteiger partial charge on any atom is -0.368 e. The van der Waals surface area contributed by atoms with E-state index in [0.29, 0.717) is 0 Å². The van der Waals surface area contributed by atoms with Gasteiger partial charge in [0, 0.05) is 6.04 Å². The van der Waals surface area contributed by atoms with Gasteiger partial charge in [-0.1, -0.05) is 13.8 Å². The zero-order valence-corrected chi connectivity index (χ0v) is 10.1. The van der Waals surface area contributed by atoms with Crippen LogP contribution < -0.4 is 16.4 Å². The largest absolute Gasteiger partial charge is 0.368 e. The molecule has 0 aromatic heterocycles. The van der Waals surface area contributed by atoms with Crippen LogP contribution in [0.25, 0.3) is 0 Å². The third kappa shape index (κ3) is 2.95. The van der Waals surface area contributed by atoms with Crippen molar-refractivity contribution >= 4 is 11.8 Å². The number of hydrogen-bond donors (Lipinski definition) is 3. The van der Waals surface area contributed by atoms with Crippen molar-refractivity contribution in [3.8, 4) is 0 Å². The average Bonchev–Trinajstić information content (AvgIpc) is 2.59. The molecular formula is C11H21N3O2. The Balaban J connectivity index is 2.58. The van der Waals surface area contributed by atoms with Crippen LogP contribution in [0.15, 0.2) is 0 Å². The second-order valence-corrected chi connectivity index (χ2v) is 4.77. The van der Waals surface area contributed by atoms with Crippen molar-refractivity contribution in [1.82, 2.24) is 10.6 Å². The predicted molar refractivity (Wildman–Crippen MR) is 61.5 cm³/mol. The summed E-state index contributed by atoms with van der Waals surface area (Å²) in [6.07, 6.45) is 0.816. The maximum absolute atomic E-state index is 11.9. The van der Waals surface area contributed by atoms with Crippen molar-refractivity contribution in [3.05, 3.63) is 0 Å². The lowest BCUT2D eigenvalue weighted by molar-refractivity contribution is -0.130. The van der Waals surface area contributed by atoms with E-state index >= 15 is 0 Å². The van der Waals surface area contributed by atoms with Gasteiger partial charge in [-0.25, -0.2) is 0 Å². The van der Waals surface area contributed by atoms with E-state index in [1.54, 1.807) is 0 Å². The molecule has 1 saturated heterocycles. The molecule has 0 bridgehead atoms. The van der Waals surface area contributed by atoms with E-state index in [1.165, 1.54) is 0 Å². The highest BCUT2D eigenvalue weighted by Crippen LogP contribution is 2.15. The molecule has 1 aliphatic heterocycles. The van der Waals surface area contributed by atoms with Gasteiger partial charge in [0.2, 0.25) is 11.8 Å². The van der Waals surface area contributed by atoms with Crippen LogP contribution in [0.4, 0.5) is 0 Å². The Morgan fingerprint density at radius 2 is 2.06 bits per heavy atom. The molecule has 5 heteroatoms. The van der Waals surface area contributed by atoms with Crippen LogP contribution in [0.5, 0.6) is 0 Å². The summed E-state index contributed by atoms with van der Waals surface area (Å²) in [5.74, 6) is -0.580. The van der Waals surface area contributed by atoms with Gasteiger partial charge in [-0.05, 0) is 25.8 Å². The Morgan fingerprint density at radius 3 is 2.44 bits per heavy atom.